The highest BCUT2D eigenvalue weighted by Gasteiger charge is 1.98. The van der Waals surface area contributed by atoms with Gasteiger partial charge in [-0.25, -0.2) is 0 Å². The summed E-state index contributed by atoms with van der Waals surface area (Å²) in [6, 6.07) is 7.57. The van der Waals surface area contributed by atoms with Gasteiger partial charge in [0.25, 0.3) is 0 Å². The number of Topliss-reactive ketones (excluding diaryl/α,β-unsaturated/α-hetero) is 1. The molecule has 0 radical (unpaired) electrons. The minimum atomic E-state index is 0.111. The van der Waals surface area contributed by atoms with Crippen LogP contribution in [-0.2, 0) is 0 Å². The summed E-state index contributed by atoms with van der Waals surface area (Å²) in [6.07, 6.45) is 0. The van der Waals surface area contributed by atoms with Gasteiger partial charge >= 0.3 is 0 Å². The second kappa shape index (κ2) is 3.39. The molecule has 0 amide bonds. The van der Waals surface area contributed by atoms with E-state index in [-0.39, 0.29) is 5.78 Å². The first-order valence-corrected chi connectivity index (χ1v) is 3.89. The lowest BCUT2D eigenvalue weighted by molar-refractivity contribution is 0.101. The molecule has 0 saturated heterocycles. The molecule has 0 saturated carbocycles. The van der Waals surface area contributed by atoms with Crippen molar-refractivity contribution in [2.75, 3.05) is 19.0 Å². The molecule has 0 fully saturated rings. The Labute approximate surface area is 72.8 Å². The zero-order valence-corrected chi connectivity index (χ0v) is 7.66. The summed E-state index contributed by atoms with van der Waals surface area (Å²) in [5, 5.41) is 0. The number of hydrogen-bond donors (Lipinski definition) is 0. The van der Waals surface area contributed by atoms with Crippen LogP contribution >= 0.6 is 0 Å². The zero-order valence-electron chi connectivity index (χ0n) is 7.66. The number of carbonyl (C=O) groups excluding carboxylic acids is 1. The van der Waals surface area contributed by atoms with E-state index in [2.05, 4.69) is 0 Å². The Hall–Kier alpha value is -1.31. The minimum absolute atomic E-state index is 0.111. The van der Waals surface area contributed by atoms with Crippen LogP contribution in [0.1, 0.15) is 17.3 Å². The van der Waals surface area contributed by atoms with Gasteiger partial charge in [-0.15, -0.1) is 0 Å². The standard InChI is InChI=1S/C10H13NO/c1-8(12)9-4-6-10(7-5-9)11(2)3/h4-7H,1-3H3/i2+1,3+1. The highest BCUT2D eigenvalue weighted by molar-refractivity contribution is 5.94. The molecule has 12 heavy (non-hydrogen) atoms. The smallest absolute Gasteiger partial charge is 0.159 e. The Morgan fingerprint density at radius 2 is 1.67 bits per heavy atom. The summed E-state index contributed by atoms with van der Waals surface area (Å²) in [6.45, 7) is 1.57. The van der Waals surface area contributed by atoms with Gasteiger partial charge in [-0.05, 0) is 31.2 Å². The molecule has 0 aliphatic heterocycles. The molecular weight excluding hydrogens is 152 g/mol. The summed E-state index contributed by atoms with van der Waals surface area (Å²) in [5.41, 5.74) is 1.88. The van der Waals surface area contributed by atoms with Crippen LogP contribution in [0.2, 0.25) is 0 Å². The molecule has 0 bridgehead atoms. The van der Waals surface area contributed by atoms with Crippen molar-refractivity contribution in [3.8, 4) is 0 Å². The van der Waals surface area contributed by atoms with E-state index in [4.69, 9.17) is 0 Å². The van der Waals surface area contributed by atoms with Crippen LogP contribution < -0.4 is 4.90 Å². The summed E-state index contributed by atoms with van der Waals surface area (Å²) in [5.74, 6) is 0.111. The SMILES string of the molecule is CC(=O)c1ccc(N([13CH3])[13CH3])cc1. The highest BCUT2D eigenvalue weighted by atomic mass is 16.1. The lowest BCUT2D eigenvalue weighted by Gasteiger charge is -2.11. The van der Waals surface area contributed by atoms with E-state index in [1.54, 1.807) is 6.92 Å². The van der Waals surface area contributed by atoms with E-state index in [0.717, 1.165) is 11.3 Å². The zero-order chi connectivity index (χ0) is 9.14. The molecule has 0 unspecified atom stereocenters. The molecule has 0 N–H and O–H groups in total. The number of hydrogen-bond acceptors (Lipinski definition) is 2. The number of anilines is 1. The van der Waals surface area contributed by atoms with Crippen molar-refractivity contribution in [3.05, 3.63) is 29.8 Å². The summed E-state index contributed by atoms with van der Waals surface area (Å²) < 4.78 is 0. The first-order chi connectivity index (χ1) is 5.61. The van der Waals surface area contributed by atoms with Gasteiger partial charge < -0.3 is 4.90 Å². The lowest BCUT2D eigenvalue weighted by Crippen LogP contribution is -2.08. The summed E-state index contributed by atoms with van der Waals surface area (Å²) in [4.78, 5) is 12.9. The molecule has 0 atom stereocenters. The molecule has 0 aromatic heterocycles. The van der Waals surface area contributed by atoms with Crippen molar-refractivity contribution in [1.82, 2.24) is 0 Å². The minimum Gasteiger partial charge on any atom is -0.378 e. The number of ketones is 1. The van der Waals surface area contributed by atoms with Gasteiger partial charge in [-0.3, -0.25) is 4.79 Å². The molecular formula is C10H13NO. The van der Waals surface area contributed by atoms with Crippen molar-refractivity contribution >= 4 is 11.5 Å². The first kappa shape index (κ1) is 8.78. The van der Waals surface area contributed by atoms with Crippen LogP contribution in [0.5, 0.6) is 0 Å². The third-order valence-electron chi connectivity index (χ3n) is 1.79. The van der Waals surface area contributed by atoms with Crippen molar-refractivity contribution in [3.63, 3.8) is 0 Å². The van der Waals surface area contributed by atoms with Crippen LogP contribution in [0.3, 0.4) is 0 Å². The number of nitrogens with zero attached hydrogens (tertiary/aromatic N) is 1. The normalized spacial score (nSPS) is 9.58. The number of carbonyl (C=O) groups is 1. The average Bonchev–Trinajstić information content (AvgIpc) is 2.04. The van der Waals surface area contributed by atoms with Gasteiger partial charge in [-0.1, -0.05) is 0 Å². The fourth-order valence-corrected chi connectivity index (χ4v) is 0.994. The monoisotopic (exact) mass is 165 g/mol. The van der Waals surface area contributed by atoms with E-state index in [1.807, 2.05) is 43.3 Å². The lowest BCUT2D eigenvalue weighted by atomic mass is 10.1. The maximum Gasteiger partial charge on any atom is 0.159 e. The van der Waals surface area contributed by atoms with Crippen molar-refractivity contribution < 1.29 is 4.79 Å². The van der Waals surface area contributed by atoms with Gasteiger partial charge in [0.2, 0.25) is 0 Å². The molecule has 0 aliphatic rings. The van der Waals surface area contributed by atoms with Gasteiger partial charge in [0.05, 0.1) is 0 Å². The first-order valence-electron chi connectivity index (χ1n) is 3.89. The molecule has 2 nitrogen and oxygen atoms in total. The Bertz CT molecular complexity index is 274. The van der Waals surface area contributed by atoms with Crippen molar-refractivity contribution in [2.45, 2.75) is 6.92 Å². The quantitative estimate of drug-likeness (QED) is 0.493. The predicted octanol–water partition coefficient (Wildman–Crippen LogP) is 1.96. The second-order valence-electron chi connectivity index (χ2n) is 3.00. The summed E-state index contributed by atoms with van der Waals surface area (Å²) >= 11 is 0. The Morgan fingerprint density at radius 3 is 2.00 bits per heavy atom. The maximum atomic E-state index is 10.9. The van der Waals surface area contributed by atoms with E-state index in [0.29, 0.717) is 0 Å². The fraction of sp³-hybridized carbons (Fsp3) is 0.300. The molecule has 0 heterocycles. The van der Waals surface area contributed by atoms with Crippen molar-refractivity contribution in [1.29, 1.82) is 0 Å². The van der Waals surface area contributed by atoms with E-state index >= 15 is 0 Å². The van der Waals surface area contributed by atoms with Gasteiger partial charge in [-0.2, -0.15) is 0 Å². The molecule has 1 rings (SSSR count). The molecule has 0 spiro atoms. The van der Waals surface area contributed by atoms with E-state index < -0.39 is 0 Å². The van der Waals surface area contributed by atoms with E-state index in [9.17, 15) is 4.79 Å². The average molecular weight is 165 g/mol. The third-order valence-corrected chi connectivity index (χ3v) is 1.79. The second-order valence-corrected chi connectivity index (χ2v) is 3.00. The largest absolute Gasteiger partial charge is 0.378 e. The van der Waals surface area contributed by atoms with Crippen LogP contribution in [0.15, 0.2) is 24.3 Å². The van der Waals surface area contributed by atoms with Gasteiger partial charge in [0.1, 0.15) is 0 Å². The number of rotatable bonds is 2. The molecule has 0 aliphatic carbocycles. The Kier molecular flexibility index (Phi) is 2.48. The van der Waals surface area contributed by atoms with Gasteiger partial charge in [0, 0.05) is 25.3 Å². The predicted molar refractivity (Wildman–Crippen MR) is 50.8 cm³/mol. The Balaban J connectivity index is 2.93. The van der Waals surface area contributed by atoms with Crippen LogP contribution in [0.4, 0.5) is 5.69 Å². The van der Waals surface area contributed by atoms with Gasteiger partial charge in [0.15, 0.2) is 5.78 Å². The summed E-state index contributed by atoms with van der Waals surface area (Å²) in [7, 11) is 3.95. The fourth-order valence-electron chi connectivity index (χ4n) is 0.994. The molecule has 2 heteroatoms. The Morgan fingerprint density at radius 1 is 1.17 bits per heavy atom. The maximum absolute atomic E-state index is 10.9. The number of benzene rings is 1. The molecule has 1 aromatic rings. The van der Waals surface area contributed by atoms with Crippen LogP contribution in [0.25, 0.3) is 0 Å². The molecule has 1 aromatic carbocycles. The van der Waals surface area contributed by atoms with Crippen molar-refractivity contribution in [2.24, 2.45) is 0 Å². The van der Waals surface area contributed by atoms with E-state index in [1.165, 1.54) is 0 Å². The topological polar surface area (TPSA) is 20.3 Å². The highest BCUT2D eigenvalue weighted by Crippen LogP contribution is 2.12. The third kappa shape index (κ3) is 1.84. The van der Waals surface area contributed by atoms with Crippen LogP contribution in [0, 0.1) is 0 Å². The molecule has 64 valence electrons. The van der Waals surface area contributed by atoms with Crippen LogP contribution in [-0.4, -0.2) is 19.9 Å².